The minimum Gasteiger partial charge on any atom is -0.418 e. The highest BCUT2D eigenvalue weighted by atomic mass is 19.5. The monoisotopic (exact) mass is 405 g/mol. The van der Waals surface area contributed by atoms with Crippen molar-refractivity contribution >= 4 is 7.25 Å². The number of rotatable bonds is 3. The van der Waals surface area contributed by atoms with Gasteiger partial charge in [0.1, 0.15) is 5.69 Å². The van der Waals surface area contributed by atoms with Crippen LogP contribution in [0.3, 0.4) is 0 Å². The lowest BCUT2D eigenvalue weighted by Crippen LogP contribution is -2.37. The molecule has 0 saturated carbocycles. The molecule has 1 aliphatic heterocycles. The van der Waals surface area contributed by atoms with Gasteiger partial charge in [-0.05, 0) is 43.9 Å². The summed E-state index contributed by atoms with van der Waals surface area (Å²) >= 11 is 0. The lowest BCUT2D eigenvalue weighted by Gasteiger charge is -2.09. The summed E-state index contributed by atoms with van der Waals surface area (Å²) < 4.78 is 43.5. The summed E-state index contributed by atoms with van der Waals surface area (Å²) in [6.07, 6.45) is 5.52. The molecule has 0 amide bonds. The highest BCUT2D eigenvalue weighted by Crippen LogP contribution is 2.24. The highest BCUT2D eigenvalue weighted by molar-refractivity contribution is 6.50. The van der Waals surface area contributed by atoms with E-state index in [0.29, 0.717) is 6.04 Å². The molecule has 1 atom stereocenters. The Labute approximate surface area is 168 Å². The Morgan fingerprint density at radius 1 is 1.03 bits per heavy atom. The Kier molecular flexibility index (Phi) is 6.10. The van der Waals surface area contributed by atoms with Gasteiger partial charge >= 0.3 is 7.25 Å². The Morgan fingerprint density at radius 2 is 1.62 bits per heavy atom. The first-order valence-electron chi connectivity index (χ1n) is 9.61. The molecule has 8 heteroatoms. The summed E-state index contributed by atoms with van der Waals surface area (Å²) in [6.45, 7) is 6.50. The summed E-state index contributed by atoms with van der Waals surface area (Å²) in [5, 5.41) is 4.88. The molecule has 1 aliphatic rings. The molecule has 2 aromatic carbocycles. The second-order valence-corrected chi connectivity index (χ2v) is 7.51. The zero-order valence-electron chi connectivity index (χ0n) is 16.7. The molecule has 29 heavy (non-hydrogen) atoms. The van der Waals surface area contributed by atoms with E-state index in [2.05, 4.69) is 78.8 Å². The fraction of sp³-hybridized carbons (Fsp3) is 0.333. The van der Waals surface area contributed by atoms with Gasteiger partial charge in [0.2, 0.25) is 6.33 Å². The number of hydrogen-bond donors (Lipinski definition) is 0. The minimum absolute atomic E-state index is 0.516. The van der Waals surface area contributed by atoms with Gasteiger partial charge in [-0.25, -0.2) is 4.57 Å². The van der Waals surface area contributed by atoms with Crippen LogP contribution in [0.4, 0.5) is 17.3 Å². The number of benzene rings is 2. The minimum atomic E-state index is -6.00. The largest absolute Gasteiger partial charge is 0.673 e. The fourth-order valence-electron chi connectivity index (χ4n) is 4.03. The van der Waals surface area contributed by atoms with Crippen LogP contribution in [0.1, 0.15) is 40.5 Å². The molecular weight excluding hydrogens is 381 g/mol. The number of nitrogens with zero attached hydrogens (tertiary/aromatic N) is 3. The average Bonchev–Trinajstić information content (AvgIpc) is 3.15. The molecule has 3 nitrogen and oxygen atoms in total. The standard InChI is InChI=1S/C21H24N3.BF4/c1-15-11-16(2)21(17(3)12-15)24-14-23-19(9-10-20(23)22-24)13-18-7-5-4-6-8-18;2-1(3,4)5/h4-8,11-12,14,19H,9-10,13H2,1-3H3;/q+1;-1/t19-;/m0./s1. The van der Waals surface area contributed by atoms with E-state index >= 15 is 0 Å². The van der Waals surface area contributed by atoms with Gasteiger partial charge in [-0.1, -0.05) is 52.7 Å². The maximum Gasteiger partial charge on any atom is 0.673 e. The predicted octanol–water partition coefficient (Wildman–Crippen LogP) is 5.12. The van der Waals surface area contributed by atoms with Crippen molar-refractivity contribution in [2.45, 2.75) is 46.1 Å². The second kappa shape index (κ2) is 8.39. The molecule has 1 aromatic heterocycles. The quantitative estimate of drug-likeness (QED) is 0.337. The van der Waals surface area contributed by atoms with Gasteiger partial charge in [0.25, 0.3) is 5.82 Å². The average molecular weight is 405 g/mol. The molecule has 3 aromatic rings. The van der Waals surface area contributed by atoms with Crippen LogP contribution in [0.5, 0.6) is 0 Å². The summed E-state index contributed by atoms with van der Waals surface area (Å²) in [7, 11) is -6.00. The van der Waals surface area contributed by atoms with E-state index in [0.717, 1.165) is 12.8 Å². The third kappa shape index (κ3) is 5.46. The van der Waals surface area contributed by atoms with Crippen LogP contribution in [0.15, 0.2) is 48.8 Å². The second-order valence-electron chi connectivity index (χ2n) is 7.51. The summed E-state index contributed by atoms with van der Waals surface area (Å²) in [5.74, 6) is 1.20. The molecule has 0 radical (unpaired) electrons. The first-order valence-corrected chi connectivity index (χ1v) is 9.61. The molecule has 0 bridgehead atoms. The molecular formula is C21H24BF4N3. The van der Waals surface area contributed by atoms with E-state index in [1.165, 1.54) is 40.2 Å². The maximum absolute atomic E-state index is 9.75. The molecule has 0 fully saturated rings. The maximum atomic E-state index is 9.75. The van der Waals surface area contributed by atoms with Gasteiger partial charge in [-0.2, -0.15) is 0 Å². The predicted molar refractivity (Wildman–Crippen MR) is 106 cm³/mol. The Morgan fingerprint density at radius 3 is 2.21 bits per heavy atom. The van der Waals surface area contributed by atoms with E-state index in [9.17, 15) is 17.3 Å². The Balaban J connectivity index is 0.000000431. The molecule has 0 N–H and O–H groups in total. The number of hydrogen-bond acceptors (Lipinski definition) is 1. The number of halogens is 4. The van der Waals surface area contributed by atoms with E-state index in [4.69, 9.17) is 5.10 Å². The zero-order valence-corrected chi connectivity index (χ0v) is 16.7. The van der Waals surface area contributed by atoms with Gasteiger partial charge in [-0.3, -0.25) is 0 Å². The molecule has 4 rings (SSSR count). The first-order chi connectivity index (χ1) is 13.6. The fourth-order valence-corrected chi connectivity index (χ4v) is 4.03. The molecule has 154 valence electrons. The van der Waals surface area contributed by atoms with Crippen molar-refractivity contribution in [1.82, 2.24) is 9.78 Å². The van der Waals surface area contributed by atoms with Crippen LogP contribution >= 0.6 is 0 Å². The van der Waals surface area contributed by atoms with E-state index in [-0.39, 0.29) is 0 Å². The van der Waals surface area contributed by atoms with Crippen molar-refractivity contribution in [3.63, 3.8) is 0 Å². The number of fused-ring (bicyclic) bond motifs is 1. The van der Waals surface area contributed by atoms with Crippen molar-refractivity contribution in [3.05, 3.63) is 76.9 Å². The van der Waals surface area contributed by atoms with Gasteiger partial charge in [0, 0.05) is 17.9 Å². The summed E-state index contributed by atoms with van der Waals surface area (Å²) in [6, 6.07) is 15.8. The number of aromatic nitrogens is 3. The van der Waals surface area contributed by atoms with Gasteiger partial charge in [-0.15, -0.1) is 0 Å². The topological polar surface area (TPSA) is 21.7 Å². The summed E-state index contributed by atoms with van der Waals surface area (Å²) in [4.78, 5) is 0. The van der Waals surface area contributed by atoms with E-state index in [1.54, 1.807) is 0 Å². The van der Waals surface area contributed by atoms with Crippen molar-refractivity contribution in [3.8, 4) is 5.69 Å². The molecule has 0 aliphatic carbocycles. The molecule has 0 unspecified atom stereocenters. The Bertz CT molecular complexity index is 954. The molecule has 2 heterocycles. The van der Waals surface area contributed by atoms with Crippen molar-refractivity contribution in [2.75, 3.05) is 0 Å². The molecule has 0 saturated heterocycles. The van der Waals surface area contributed by atoms with Gasteiger partial charge < -0.3 is 17.3 Å². The lowest BCUT2D eigenvalue weighted by molar-refractivity contribution is -0.716. The van der Waals surface area contributed by atoms with Crippen LogP contribution in [0.25, 0.3) is 5.69 Å². The van der Waals surface area contributed by atoms with Crippen molar-refractivity contribution < 1.29 is 21.8 Å². The van der Waals surface area contributed by atoms with Crippen LogP contribution in [-0.2, 0) is 12.8 Å². The summed E-state index contributed by atoms with van der Waals surface area (Å²) in [5.41, 5.74) is 6.50. The zero-order chi connectivity index (χ0) is 21.2. The van der Waals surface area contributed by atoms with Crippen molar-refractivity contribution in [2.24, 2.45) is 0 Å². The third-order valence-electron chi connectivity index (χ3n) is 5.03. The third-order valence-corrected chi connectivity index (χ3v) is 5.03. The van der Waals surface area contributed by atoms with E-state index < -0.39 is 7.25 Å². The Hall–Kier alpha value is -2.64. The van der Waals surface area contributed by atoms with Crippen LogP contribution in [0, 0.1) is 20.8 Å². The van der Waals surface area contributed by atoms with E-state index in [1.807, 2.05) is 0 Å². The van der Waals surface area contributed by atoms with Crippen LogP contribution in [-0.4, -0.2) is 17.0 Å². The molecule has 0 spiro atoms. The first kappa shape index (κ1) is 21.1. The lowest BCUT2D eigenvalue weighted by atomic mass is 10.0. The van der Waals surface area contributed by atoms with Crippen LogP contribution in [0.2, 0.25) is 0 Å². The normalized spacial score (nSPS) is 15.6. The highest BCUT2D eigenvalue weighted by Gasteiger charge is 2.32. The smallest absolute Gasteiger partial charge is 0.418 e. The SMILES string of the molecule is Cc1cc(C)c(-n2c[n+]3c(n2)CC[C@H]3Cc2ccccc2)c(C)c1.F[B-](F)(F)F. The van der Waals surface area contributed by atoms with Gasteiger partial charge in [0.15, 0.2) is 0 Å². The van der Waals surface area contributed by atoms with Crippen molar-refractivity contribution in [1.29, 1.82) is 0 Å². The van der Waals surface area contributed by atoms with Gasteiger partial charge in [0.05, 0.1) is 6.04 Å². The number of aryl methyl sites for hydroxylation is 4. The van der Waals surface area contributed by atoms with Crippen LogP contribution < -0.4 is 4.57 Å².